The molecular weight excluding hydrogens is 364 g/mol. The molecule has 0 radical (unpaired) electrons. The zero-order valence-electron chi connectivity index (χ0n) is 14.1. The van der Waals surface area contributed by atoms with Gasteiger partial charge in [-0.25, -0.2) is 8.42 Å². The van der Waals surface area contributed by atoms with E-state index in [2.05, 4.69) is 5.32 Å². The number of benzene rings is 2. The highest BCUT2D eigenvalue weighted by molar-refractivity contribution is 7.92. The largest absolute Gasteiger partial charge is 0.497 e. The van der Waals surface area contributed by atoms with Crippen molar-refractivity contribution in [1.82, 2.24) is 0 Å². The number of carbonyl (C=O) groups excluding carboxylic acids is 1. The Kier molecular flexibility index (Phi) is 5.92. The Bertz CT molecular complexity index is 853. The Balaban J connectivity index is 2.28. The lowest BCUT2D eigenvalue weighted by Gasteiger charge is -2.28. The van der Waals surface area contributed by atoms with Crippen molar-refractivity contribution in [1.29, 1.82) is 0 Å². The minimum atomic E-state index is -3.68. The Morgan fingerprint density at radius 3 is 2.40 bits per heavy atom. The molecule has 1 unspecified atom stereocenters. The summed E-state index contributed by atoms with van der Waals surface area (Å²) in [5, 5.41) is 3.18. The first-order valence-electron chi connectivity index (χ1n) is 7.42. The average molecular weight is 383 g/mol. The molecule has 0 bridgehead atoms. The topological polar surface area (TPSA) is 75.7 Å². The number of amides is 1. The van der Waals surface area contributed by atoms with Crippen LogP contribution in [0.2, 0.25) is 5.02 Å². The zero-order chi connectivity index (χ0) is 18.6. The molecule has 6 nitrogen and oxygen atoms in total. The van der Waals surface area contributed by atoms with Crippen LogP contribution in [0.15, 0.2) is 48.5 Å². The minimum Gasteiger partial charge on any atom is -0.497 e. The van der Waals surface area contributed by atoms with Crippen LogP contribution in [0.1, 0.15) is 6.92 Å². The highest BCUT2D eigenvalue weighted by Crippen LogP contribution is 2.24. The van der Waals surface area contributed by atoms with Gasteiger partial charge in [0, 0.05) is 16.8 Å². The van der Waals surface area contributed by atoms with E-state index in [0.29, 0.717) is 22.1 Å². The predicted octanol–water partition coefficient (Wildman–Crippen LogP) is 3.14. The van der Waals surface area contributed by atoms with E-state index in [9.17, 15) is 13.2 Å². The first-order valence-corrected chi connectivity index (χ1v) is 9.65. The van der Waals surface area contributed by atoms with Crippen molar-refractivity contribution < 1.29 is 17.9 Å². The second-order valence-corrected chi connectivity index (χ2v) is 7.73. The number of methoxy groups -OCH3 is 1. The van der Waals surface area contributed by atoms with Gasteiger partial charge in [0.05, 0.1) is 19.1 Å². The summed E-state index contributed by atoms with van der Waals surface area (Å²) >= 11 is 5.85. The first kappa shape index (κ1) is 19.1. The standard InChI is InChI=1S/C17H19ClN2O4S/c1-12(17(21)19-14-5-4-6-16(11-14)24-2)20(25(3,22)23)15-9-7-13(18)8-10-15/h4-12H,1-3H3,(H,19,21). The van der Waals surface area contributed by atoms with Crippen molar-refractivity contribution in [3.63, 3.8) is 0 Å². The van der Waals surface area contributed by atoms with Crippen LogP contribution in [0.25, 0.3) is 0 Å². The molecule has 1 amide bonds. The van der Waals surface area contributed by atoms with Crippen molar-refractivity contribution in [3.05, 3.63) is 53.6 Å². The summed E-state index contributed by atoms with van der Waals surface area (Å²) in [6.07, 6.45) is 1.05. The van der Waals surface area contributed by atoms with E-state index in [1.165, 1.54) is 14.0 Å². The molecule has 0 heterocycles. The van der Waals surface area contributed by atoms with Gasteiger partial charge in [-0.05, 0) is 43.3 Å². The number of nitrogens with zero attached hydrogens (tertiary/aromatic N) is 1. The van der Waals surface area contributed by atoms with E-state index in [0.717, 1.165) is 10.6 Å². The van der Waals surface area contributed by atoms with Gasteiger partial charge in [-0.2, -0.15) is 0 Å². The number of rotatable bonds is 6. The van der Waals surface area contributed by atoms with Crippen LogP contribution < -0.4 is 14.4 Å². The van der Waals surface area contributed by atoms with Crippen molar-refractivity contribution in [2.75, 3.05) is 23.0 Å². The summed E-state index contributed by atoms with van der Waals surface area (Å²) in [5.74, 6) is 0.122. The Morgan fingerprint density at radius 2 is 1.84 bits per heavy atom. The van der Waals surface area contributed by atoms with E-state index < -0.39 is 22.0 Å². The minimum absolute atomic E-state index is 0.361. The van der Waals surface area contributed by atoms with E-state index in [1.54, 1.807) is 48.5 Å². The maximum absolute atomic E-state index is 12.6. The molecule has 0 spiro atoms. The molecule has 0 fully saturated rings. The lowest BCUT2D eigenvalue weighted by atomic mass is 10.2. The zero-order valence-corrected chi connectivity index (χ0v) is 15.6. The van der Waals surface area contributed by atoms with Gasteiger partial charge in [-0.15, -0.1) is 0 Å². The second kappa shape index (κ2) is 7.76. The quantitative estimate of drug-likeness (QED) is 0.832. The van der Waals surface area contributed by atoms with Gasteiger partial charge >= 0.3 is 0 Å². The number of nitrogens with one attached hydrogen (secondary N) is 1. The molecule has 0 aliphatic carbocycles. The van der Waals surface area contributed by atoms with Crippen LogP contribution in [0.3, 0.4) is 0 Å². The highest BCUT2D eigenvalue weighted by Gasteiger charge is 2.29. The molecule has 2 aromatic rings. The fraction of sp³-hybridized carbons (Fsp3) is 0.235. The lowest BCUT2D eigenvalue weighted by molar-refractivity contribution is -0.116. The van der Waals surface area contributed by atoms with E-state index in [4.69, 9.17) is 16.3 Å². The molecular formula is C17H19ClN2O4S. The molecule has 25 heavy (non-hydrogen) atoms. The lowest BCUT2D eigenvalue weighted by Crippen LogP contribution is -2.45. The molecule has 0 saturated heterocycles. The third kappa shape index (κ3) is 4.87. The number of hydrogen-bond acceptors (Lipinski definition) is 4. The van der Waals surface area contributed by atoms with Crippen LogP contribution in [0, 0.1) is 0 Å². The number of carbonyl (C=O) groups is 1. The van der Waals surface area contributed by atoms with Crippen LogP contribution in [0.5, 0.6) is 5.75 Å². The van der Waals surface area contributed by atoms with Gasteiger partial charge in [0.1, 0.15) is 11.8 Å². The number of ether oxygens (including phenoxy) is 1. The monoisotopic (exact) mass is 382 g/mol. The highest BCUT2D eigenvalue weighted by atomic mass is 35.5. The van der Waals surface area contributed by atoms with Gasteiger partial charge in [-0.3, -0.25) is 9.10 Å². The van der Waals surface area contributed by atoms with Crippen molar-refractivity contribution >= 4 is 38.9 Å². The summed E-state index contributed by atoms with van der Waals surface area (Å²) in [6, 6.07) is 12.1. The number of sulfonamides is 1. The molecule has 0 aliphatic rings. The molecule has 0 aliphatic heterocycles. The van der Waals surface area contributed by atoms with E-state index >= 15 is 0 Å². The van der Waals surface area contributed by atoms with Crippen LogP contribution >= 0.6 is 11.6 Å². The maximum Gasteiger partial charge on any atom is 0.247 e. The van der Waals surface area contributed by atoms with Gasteiger partial charge in [0.2, 0.25) is 15.9 Å². The number of halogens is 1. The van der Waals surface area contributed by atoms with Crippen molar-refractivity contribution in [3.8, 4) is 5.75 Å². The van der Waals surface area contributed by atoms with Gasteiger partial charge < -0.3 is 10.1 Å². The maximum atomic E-state index is 12.6. The molecule has 2 rings (SSSR count). The van der Waals surface area contributed by atoms with E-state index in [-0.39, 0.29) is 0 Å². The molecule has 1 N–H and O–H groups in total. The van der Waals surface area contributed by atoms with Gasteiger partial charge in [0.25, 0.3) is 0 Å². The van der Waals surface area contributed by atoms with Gasteiger partial charge in [-0.1, -0.05) is 17.7 Å². The molecule has 2 aromatic carbocycles. The summed E-state index contributed by atoms with van der Waals surface area (Å²) < 4.78 is 30.6. The fourth-order valence-electron chi connectivity index (χ4n) is 2.34. The second-order valence-electron chi connectivity index (χ2n) is 5.43. The Labute approximate surface area is 152 Å². The first-order chi connectivity index (χ1) is 11.7. The van der Waals surface area contributed by atoms with E-state index in [1.807, 2.05) is 0 Å². The predicted molar refractivity (Wildman–Crippen MR) is 99.9 cm³/mol. The fourth-order valence-corrected chi connectivity index (χ4v) is 3.65. The van der Waals surface area contributed by atoms with Crippen molar-refractivity contribution in [2.24, 2.45) is 0 Å². The van der Waals surface area contributed by atoms with Crippen LogP contribution in [0.4, 0.5) is 11.4 Å². The Morgan fingerprint density at radius 1 is 1.20 bits per heavy atom. The Hall–Kier alpha value is -2.25. The number of anilines is 2. The average Bonchev–Trinajstić information content (AvgIpc) is 2.55. The third-order valence-electron chi connectivity index (χ3n) is 3.51. The number of hydrogen-bond donors (Lipinski definition) is 1. The molecule has 1 atom stereocenters. The molecule has 8 heteroatoms. The van der Waals surface area contributed by atoms with Gasteiger partial charge in [0.15, 0.2) is 0 Å². The molecule has 0 aromatic heterocycles. The molecule has 0 saturated carbocycles. The van der Waals surface area contributed by atoms with Crippen LogP contribution in [-0.4, -0.2) is 33.7 Å². The smallest absolute Gasteiger partial charge is 0.247 e. The third-order valence-corrected chi connectivity index (χ3v) is 5.00. The SMILES string of the molecule is COc1cccc(NC(=O)C(C)N(c2ccc(Cl)cc2)S(C)(=O)=O)c1. The van der Waals surface area contributed by atoms with Crippen molar-refractivity contribution in [2.45, 2.75) is 13.0 Å². The summed E-state index contributed by atoms with van der Waals surface area (Å²) in [6.45, 7) is 1.52. The summed E-state index contributed by atoms with van der Waals surface area (Å²) in [4.78, 5) is 12.6. The molecule has 134 valence electrons. The summed E-state index contributed by atoms with van der Waals surface area (Å²) in [7, 11) is -2.15. The van der Waals surface area contributed by atoms with Crippen LogP contribution in [-0.2, 0) is 14.8 Å². The normalized spacial score (nSPS) is 12.3. The summed E-state index contributed by atoms with van der Waals surface area (Å²) in [5.41, 5.74) is 0.876.